The van der Waals surface area contributed by atoms with Crippen LogP contribution in [0.4, 0.5) is 5.13 Å². The molecule has 0 amide bonds. The second-order valence-electron chi connectivity index (χ2n) is 7.19. The largest absolute Gasteiger partial charge is 0.476 e. The molecule has 1 aliphatic heterocycles. The lowest BCUT2D eigenvalue weighted by Gasteiger charge is -2.14. The van der Waals surface area contributed by atoms with Crippen LogP contribution in [-0.2, 0) is 0 Å². The Balaban J connectivity index is 1.14. The SMILES string of the molecule is c1cc(C2CC2)nnc1OCC1CCN(c2nc(C3CC3)ns2)C1. The number of anilines is 1. The van der Waals surface area contributed by atoms with E-state index in [1.54, 1.807) is 11.5 Å². The highest BCUT2D eigenvalue weighted by molar-refractivity contribution is 7.09. The van der Waals surface area contributed by atoms with E-state index in [-0.39, 0.29) is 0 Å². The van der Waals surface area contributed by atoms with E-state index in [1.807, 2.05) is 6.07 Å². The van der Waals surface area contributed by atoms with Crippen molar-refractivity contribution >= 4 is 16.7 Å². The highest BCUT2D eigenvalue weighted by Crippen LogP contribution is 2.40. The van der Waals surface area contributed by atoms with Gasteiger partial charge >= 0.3 is 0 Å². The molecule has 2 saturated carbocycles. The quantitative estimate of drug-likeness (QED) is 0.803. The summed E-state index contributed by atoms with van der Waals surface area (Å²) in [6, 6.07) is 4.02. The molecule has 1 saturated heterocycles. The van der Waals surface area contributed by atoms with Crippen LogP contribution >= 0.6 is 11.5 Å². The van der Waals surface area contributed by atoms with Crippen LogP contribution in [0.2, 0.25) is 0 Å². The molecule has 2 aliphatic carbocycles. The Labute approximate surface area is 145 Å². The van der Waals surface area contributed by atoms with Gasteiger partial charge in [-0.05, 0) is 38.2 Å². The lowest BCUT2D eigenvalue weighted by molar-refractivity contribution is 0.249. The standard InChI is InChI=1S/C17H21N5OS/c1-2-12(1)14-5-6-15(20-19-14)23-10-11-7-8-22(9-11)17-18-16(21-24-17)13-3-4-13/h5-6,11-13H,1-4,7-10H2. The van der Waals surface area contributed by atoms with Gasteiger partial charge in [-0.2, -0.15) is 9.47 Å². The molecule has 0 radical (unpaired) electrons. The van der Waals surface area contributed by atoms with Gasteiger partial charge in [0.1, 0.15) is 5.82 Å². The van der Waals surface area contributed by atoms with Gasteiger partial charge in [0.25, 0.3) is 0 Å². The number of hydrogen-bond acceptors (Lipinski definition) is 7. The minimum Gasteiger partial charge on any atom is -0.476 e. The van der Waals surface area contributed by atoms with Crippen molar-refractivity contribution in [2.75, 3.05) is 24.6 Å². The summed E-state index contributed by atoms with van der Waals surface area (Å²) in [6.45, 7) is 2.73. The number of aromatic nitrogens is 4. The zero-order valence-corrected chi connectivity index (χ0v) is 14.4. The Morgan fingerprint density at radius 2 is 1.96 bits per heavy atom. The first kappa shape index (κ1) is 14.6. The van der Waals surface area contributed by atoms with Crippen LogP contribution in [0.25, 0.3) is 0 Å². The van der Waals surface area contributed by atoms with Crippen molar-refractivity contribution in [2.45, 2.75) is 43.9 Å². The van der Waals surface area contributed by atoms with Crippen molar-refractivity contribution in [2.24, 2.45) is 5.92 Å². The van der Waals surface area contributed by atoms with Gasteiger partial charge in [-0.1, -0.05) is 0 Å². The van der Waals surface area contributed by atoms with Gasteiger partial charge in [0, 0.05) is 48.4 Å². The van der Waals surface area contributed by atoms with Crippen molar-refractivity contribution in [3.8, 4) is 5.88 Å². The van der Waals surface area contributed by atoms with E-state index in [0.717, 1.165) is 36.2 Å². The Bertz CT molecular complexity index is 710. The molecule has 2 aromatic rings. The molecule has 126 valence electrons. The highest BCUT2D eigenvalue weighted by Gasteiger charge is 2.31. The van der Waals surface area contributed by atoms with Crippen LogP contribution in [0, 0.1) is 5.92 Å². The highest BCUT2D eigenvalue weighted by atomic mass is 32.1. The zero-order chi connectivity index (χ0) is 15.9. The Morgan fingerprint density at radius 1 is 1.08 bits per heavy atom. The van der Waals surface area contributed by atoms with Gasteiger partial charge in [-0.25, -0.2) is 4.98 Å². The van der Waals surface area contributed by atoms with E-state index >= 15 is 0 Å². The third-order valence-electron chi connectivity index (χ3n) is 5.05. The number of nitrogens with zero attached hydrogens (tertiary/aromatic N) is 5. The first-order valence-electron chi connectivity index (χ1n) is 8.90. The first-order valence-corrected chi connectivity index (χ1v) is 9.67. The topological polar surface area (TPSA) is 64.0 Å². The average Bonchev–Trinajstić information content (AvgIpc) is 3.54. The van der Waals surface area contributed by atoms with Crippen LogP contribution in [0.3, 0.4) is 0 Å². The molecule has 6 nitrogen and oxygen atoms in total. The van der Waals surface area contributed by atoms with Crippen LogP contribution < -0.4 is 9.64 Å². The Morgan fingerprint density at radius 3 is 2.71 bits per heavy atom. The number of rotatable bonds is 6. The molecule has 1 unspecified atom stereocenters. The molecule has 0 N–H and O–H groups in total. The smallest absolute Gasteiger partial charge is 0.233 e. The monoisotopic (exact) mass is 343 g/mol. The van der Waals surface area contributed by atoms with Gasteiger partial charge in [0.2, 0.25) is 11.0 Å². The summed E-state index contributed by atoms with van der Waals surface area (Å²) < 4.78 is 10.4. The van der Waals surface area contributed by atoms with Crippen molar-refractivity contribution in [3.05, 3.63) is 23.7 Å². The molecule has 2 aromatic heterocycles. The van der Waals surface area contributed by atoms with Crippen LogP contribution in [0.5, 0.6) is 5.88 Å². The lowest BCUT2D eigenvalue weighted by atomic mass is 10.1. The second kappa shape index (κ2) is 5.95. The predicted molar refractivity (Wildman–Crippen MR) is 91.7 cm³/mol. The maximum absolute atomic E-state index is 5.85. The number of ether oxygens (including phenoxy) is 1. The number of hydrogen-bond donors (Lipinski definition) is 0. The molecule has 24 heavy (non-hydrogen) atoms. The normalized spacial score (nSPS) is 23.7. The molecule has 0 bridgehead atoms. The predicted octanol–water partition coefficient (Wildman–Crippen LogP) is 2.99. The summed E-state index contributed by atoms with van der Waals surface area (Å²) in [5.41, 5.74) is 1.11. The van der Waals surface area contributed by atoms with Crippen molar-refractivity contribution < 1.29 is 4.74 Å². The summed E-state index contributed by atoms with van der Waals surface area (Å²) in [5, 5.41) is 9.55. The fraction of sp³-hybridized carbons (Fsp3) is 0.647. The molecule has 1 atom stereocenters. The summed E-state index contributed by atoms with van der Waals surface area (Å²) >= 11 is 1.54. The molecule has 0 aromatic carbocycles. The van der Waals surface area contributed by atoms with Gasteiger partial charge in [-0.3, -0.25) is 0 Å². The zero-order valence-electron chi connectivity index (χ0n) is 13.6. The van der Waals surface area contributed by atoms with E-state index < -0.39 is 0 Å². The van der Waals surface area contributed by atoms with Gasteiger partial charge in [-0.15, -0.1) is 5.10 Å². The molecule has 0 spiro atoms. The van der Waals surface area contributed by atoms with Crippen molar-refractivity contribution in [3.63, 3.8) is 0 Å². The van der Waals surface area contributed by atoms with Crippen LogP contribution in [0.15, 0.2) is 12.1 Å². The molecular weight excluding hydrogens is 322 g/mol. The minimum absolute atomic E-state index is 0.517. The average molecular weight is 343 g/mol. The van der Waals surface area contributed by atoms with E-state index in [1.165, 1.54) is 25.7 Å². The van der Waals surface area contributed by atoms with Crippen LogP contribution in [0.1, 0.15) is 55.5 Å². The third kappa shape index (κ3) is 3.09. The van der Waals surface area contributed by atoms with Crippen molar-refractivity contribution in [1.82, 2.24) is 19.6 Å². The molecule has 3 aliphatic rings. The Hall–Kier alpha value is -1.76. The summed E-state index contributed by atoms with van der Waals surface area (Å²) in [4.78, 5) is 7.06. The summed E-state index contributed by atoms with van der Waals surface area (Å²) in [7, 11) is 0. The molecule has 3 fully saturated rings. The fourth-order valence-corrected chi connectivity index (χ4v) is 3.99. The van der Waals surface area contributed by atoms with E-state index in [0.29, 0.717) is 30.2 Å². The van der Waals surface area contributed by atoms with Gasteiger partial charge in [0.15, 0.2) is 0 Å². The lowest BCUT2D eigenvalue weighted by Crippen LogP contribution is -2.21. The maximum atomic E-state index is 5.85. The Kier molecular flexibility index (Phi) is 3.61. The third-order valence-corrected chi connectivity index (χ3v) is 5.84. The van der Waals surface area contributed by atoms with Gasteiger partial charge in [0.05, 0.1) is 12.3 Å². The molecule has 5 rings (SSSR count). The molecule has 3 heterocycles. The fourth-order valence-electron chi connectivity index (χ4n) is 3.21. The minimum atomic E-state index is 0.517. The first-order chi connectivity index (χ1) is 11.8. The van der Waals surface area contributed by atoms with E-state index in [2.05, 4.69) is 25.5 Å². The second-order valence-corrected chi connectivity index (χ2v) is 7.92. The molecular formula is C17H21N5OS. The maximum Gasteiger partial charge on any atom is 0.233 e. The van der Waals surface area contributed by atoms with E-state index in [4.69, 9.17) is 9.72 Å². The summed E-state index contributed by atoms with van der Waals surface area (Å²) in [6.07, 6.45) is 6.15. The van der Waals surface area contributed by atoms with Crippen LogP contribution in [-0.4, -0.2) is 39.3 Å². The van der Waals surface area contributed by atoms with E-state index in [9.17, 15) is 0 Å². The van der Waals surface area contributed by atoms with Gasteiger partial charge < -0.3 is 9.64 Å². The summed E-state index contributed by atoms with van der Waals surface area (Å²) in [5.74, 6) is 3.49. The molecule has 7 heteroatoms. The van der Waals surface area contributed by atoms with Crippen molar-refractivity contribution in [1.29, 1.82) is 0 Å².